The monoisotopic (exact) mass is 295 g/mol. The fraction of sp³-hybridized carbons (Fsp3) is 0.500. The number of hydrogen-bond donors (Lipinski definition) is 0. The summed E-state index contributed by atoms with van der Waals surface area (Å²) in [5.41, 5.74) is 0.817. The van der Waals surface area contributed by atoms with Gasteiger partial charge in [-0.1, -0.05) is 25.3 Å². The highest BCUT2D eigenvalue weighted by Gasteiger charge is 2.32. The maximum Gasteiger partial charge on any atom is 0.137 e. The van der Waals surface area contributed by atoms with E-state index in [0.29, 0.717) is 4.47 Å². The summed E-state index contributed by atoms with van der Waals surface area (Å²) in [6, 6.07) is 7.54. The summed E-state index contributed by atoms with van der Waals surface area (Å²) in [5.74, 6) is -0.247. The van der Waals surface area contributed by atoms with Crippen molar-refractivity contribution in [2.75, 3.05) is 0 Å². The van der Waals surface area contributed by atoms with Crippen molar-refractivity contribution < 1.29 is 4.39 Å². The molecule has 1 nitrogen and oxygen atoms in total. The van der Waals surface area contributed by atoms with Gasteiger partial charge in [-0.05, 0) is 52.9 Å². The Hall–Kier alpha value is -0.880. The van der Waals surface area contributed by atoms with Crippen LogP contribution in [0.15, 0.2) is 22.7 Å². The first-order chi connectivity index (χ1) is 8.15. The minimum Gasteiger partial charge on any atom is -0.206 e. The SMILES string of the molecule is N#CC1(Cc2ccc(F)c(Br)c2)CCCCC1. The van der Waals surface area contributed by atoms with Gasteiger partial charge in [0.1, 0.15) is 5.82 Å². The minimum atomic E-state index is -0.247. The van der Waals surface area contributed by atoms with Crippen LogP contribution in [0.25, 0.3) is 0 Å². The van der Waals surface area contributed by atoms with Crippen LogP contribution in [0.5, 0.6) is 0 Å². The average molecular weight is 296 g/mol. The van der Waals surface area contributed by atoms with E-state index in [4.69, 9.17) is 0 Å². The summed E-state index contributed by atoms with van der Waals surface area (Å²) >= 11 is 3.19. The third-order valence-corrected chi connectivity index (χ3v) is 4.18. The Kier molecular flexibility index (Phi) is 3.83. The Morgan fingerprint density at radius 3 is 2.59 bits per heavy atom. The van der Waals surface area contributed by atoms with Crippen molar-refractivity contribution in [2.45, 2.75) is 38.5 Å². The Morgan fingerprint density at radius 2 is 2.00 bits per heavy atom. The van der Waals surface area contributed by atoms with E-state index in [1.54, 1.807) is 12.1 Å². The van der Waals surface area contributed by atoms with Crippen molar-refractivity contribution in [2.24, 2.45) is 5.41 Å². The molecule has 90 valence electrons. The number of nitriles is 1. The van der Waals surface area contributed by atoms with Gasteiger partial charge in [-0.3, -0.25) is 0 Å². The van der Waals surface area contributed by atoms with Crippen molar-refractivity contribution in [1.82, 2.24) is 0 Å². The van der Waals surface area contributed by atoms with Gasteiger partial charge in [0.05, 0.1) is 16.0 Å². The lowest BCUT2D eigenvalue weighted by Gasteiger charge is -2.30. The molecule has 0 aromatic heterocycles. The summed E-state index contributed by atoms with van der Waals surface area (Å²) < 4.78 is 13.6. The van der Waals surface area contributed by atoms with Crippen LogP contribution in [0.4, 0.5) is 4.39 Å². The Morgan fingerprint density at radius 1 is 1.29 bits per heavy atom. The second-order valence-electron chi connectivity index (χ2n) is 4.88. The molecule has 3 heteroatoms. The summed E-state index contributed by atoms with van der Waals surface area (Å²) in [7, 11) is 0. The number of hydrogen-bond acceptors (Lipinski definition) is 1. The normalized spacial score (nSPS) is 18.6. The highest BCUT2D eigenvalue weighted by molar-refractivity contribution is 9.10. The lowest BCUT2D eigenvalue weighted by molar-refractivity contribution is 0.266. The van der Waals surface area contributed by atoms with Crippen molar-refractivity contribution in [3.63, 3.8) is 0 Å². The number of halogens is 2. The lowest BCUT2D eigenvalue weighted by atomic mass is 9.71. The largest absolute Gasteiger partial charge is 0.206 e. The molecular weight excluding hydrogens is 281 g/mol. The first-order valence-electron chi connectivity index (χ1n) is 6.00. The predicted octanol–water partition coefficient (Wildman–Crippen LogP) is 4.60. The third-order valence-electron chi connectivity index (χ3n) is 3.57. The summed E-state index contributed by atoms with van der Waals surface area (Å²) in [5, 5.41) is 9.39. The maximum absolute atomic E-state index is 13.1. The van der Waals surface area contributed by atoms with Crippen LogP contribution >= 0.6 is 15.9 Å². The van der Waals surface area contributed by atoms with Crippen LogP contribution in [0.2, 0.25) is 0 Å². The molecule has 0 saturated heterocycles. The number of nitrogens with zero attached hydrogens (tertiary/aromatic N) is 1. The molecule has 1 aliphatic carbocycles. The first-order valence-corrected chi connectivity index (χ1v) is 6.80. The molecular formula is C14H15BrFN. The van der Waals surface area contributed by atoms with Gasteiger partial charge >= 0.3 is 0 Å². The molecule has 0 spiro atoms. The second-order valence-corrected chi connectivity index (χ2v) is 5.73. The molecule has 0 N–H and O–H groups in total. The van der Waals surface area contributed by atoms with Crippen LogP contribution in [0.3, 0.4) is 0 Å². The molecule has 0 radical (unpaired) electrons. The molecule has 0 aliphatic heterocycles. The van der Waals surface area contributed by atoms with Crippen LogP contribution < -0.4 is 0 Å². The van der Waals surface area contributed by atoms with Crippen LogP contribution in [0.1, 0.15) is 37.7 Å². The Labute approximate surface area is 110 Å². The van der Waals surface area contributed by atoms with E-state index in [9.17, 15) is 9.65 Å². The van der Waals surface area contributed by atoms with Gasteiger partial charge in [0.15, 0.2) is 0 Å². The van der Waals surface area contributed by atoms with Crippen molar-refractivity contribution in [3.8, 4) is 6.07 Å². The average Bonchev–Trinajstić information content (AvgIpc) is 2.35. The maximum atomic E-state index is 13.1. The summed E-state index contributed by atoms with van der Waals surface area (Å²) in [6.45, 7) is 0. The van der Waals surface area contributed by atoms with E-state index < -0.39 is 0 Å². The molecule has 1 aromatic rings. The lowest BCUT2D eigenvalue weighted by Crippen LogP contribution is -2.24. The molecule has 0 atom stereocenters. The Balaban J connectivity index is 2.18. The molecule has 1 aromatic carbocycles. The molecule has 0 bridgehead atoms. The molecule has 1 aliphatic rings. The van der Waals surface area contributed by atoms with Gasteiger partial charge in [0.25, 0.3) is 0 Å². The van der Waals surface area contributed by atoms with E-state index in [1.807, 2.05) is 0 Å². The molecule has 0 heterocycles. The molecule has 2 rings (SSSR count). The van der Waals surface area contributed by atoms with Crippen molar-refractivity contribution >= 4 is 15.9 Å². The van der Waals surface area contributed by atoms with Gasteiger partial charge in [-0.2, -0.15) is 5.26 Å². The summed E-state index contributed by atoms with van der Waals surface area (Å²) in [4.78, 5) is 0. The fourth-order valence-electron chi connectivity index (χ4n) is 2.60. The zero-order valence-corrected chi connectivity index (χ0v) is 11.3. The predicted molar refractivity (Wildman–Crippen MR) is 68.9 cm³/mol. The minimum absolute atomic E-state index is 0.227. The van der Waals surface area contributed by atoms with Crippen LogP contribution in [-0.2, 0) is 6.42 Å². The van der Waals surface area contributed by atoms with Gasteiger partial charge in [-0.15, -0.1) is 0 Å². The fourth-order valence-corrected chi connectivity index (χ4v) is 3.02. The van der Waals surface area contributed by atoms with Gasteiger partial charge in [-0.25, -0.2) is 4.39 Å². The second kappa shape index (κ2) is 5.18. The summed E-state index contributed by atoms with van der Waals surface area (Å²) in [6.07, 6.45) is 6.18. The van der Waals surface area contributed by atoms with E-state index in [1.165, 1.54) is 12.5 Å². The van der Waals surface area contributed by atoms with Crippen LogP contribution in [-0.4, -0.2) is 0 Å². The van der Waals surface area contributed by atoms with Crippen LogP contribution in [0, 0.1) is 22.6 Å². The molecule has 1 fully saturated rings. The highest BCUT2D eigenvalue weighted by atomic mass is 79.9. The Bertz CT molecular complexity index is 444. The number of rotatable bonds is 2. The van der Waals surface area contributed by atoms with Crippen molar-refractivity contribution in [1.29, 1.82) is 5.26 Å². The molecule has 0 unspecified atom stereocenters. The standard InChI is InChI=1S/C14H15BrFN/c15-12-8-11(4-5-13(12)16)9-14(10-17)6-2-1-3-7-14/h4-5,8H,1-3,6-7,9H2. The van der Waals surface area contributed by atoms with E-state index in [-0.39, 0.29) is 11.2 Å². The van der Waals surface area contributed by atoms with Crippen molar-refractivity contribution in [3.05, 3.63) is 34.1 Å². The molecule has 1 saturated carbocycles. The highest BCUT2D eigenvalue weighted by Crippen LogP contribution is 2.39. The zero-order valence-electron chi connectivity index (χ0n) is 9.68. The molecule has 0 amide bonds. The van der Waals surface area contributed by atoms with E-state index >= 15 is 0 Å². The van der Waals surface area contributed by atoms with E-state index in [2.05, 4.69) is 22.0 Å². The van der Waals surface area contributed by atoms with Gasteiger partial charge in [0.2, 0.25) is 0 Å². The zero-order chi connectivity index (χ0) is 12.3. The smallest absolute Gasteiger partial charge is 0.137 e. The third kappa shape index (κ3) is 2.87. The topological polar surface area (TPSA) is 23.8 Å². The molecule has 17 heavy (non-hydrogen) atoms. The van der Waals surface area contributed by atoms with E-state index in [0.717, 1.165) is 37.7 Å². The quantitative estimate of drug-likeness (QED) is 0.782. The van der Waals surface area contributed by atoms with Gasteiger partial charge in [0, 0.05) is 0 Å². The number of benzene rings is 1. The first kappa shape index (κ1) is 12.6. The van der Waals surface area contributed by atoms with Gasteiger partial charge < -0.3 is 0 Å².